The second-order valence-corrected chi connectivity index (χ2v) is 2.33. The average Bonchev–Trinajstić information content (AvgIpc) is 1.94. The first-order valence-corrected chi connectivity index (χ1v) is 3.45. The number of rotatable bonds is 0. The molecule has 0 bridgehead atoms. The maximum absolute atomic E-state index is 10.4. The maximum Gasteiger partial charge on any atom is 1.00 e. The number of benzene rings is 1. The average molecular weight is 190 g/mol. The third-order valence-corrected chi connectivity index (χ3v) is 1.02. The van der Waals surface area contributed by atoms with E-state index in [0.29, 0.717) is 0 Å². The van der Waals surface area contributed by atoms with Gasteiger partial charge in [-0.2, -0.15) is 0 Å². The molecule has 4 heteroatoms. The molecular formula is C9H11NaO3. The summed E-state index contributed by atoms with van der Waals surface area (Å²) in [6.45, 7) is 3.04. The summed E-state index contributed by atoms with van der Waals surface area (Å²) in [5, 5.41) is 17.8. The fraction of sp³-hybridized carbons (Fsp3) is 0.222. The van der Waals surface area contributed by atoms with Gasteiger partial charge in [0, 0.05) is 6.92 Å². The zero-order valence-electron chi connectivity index (χ0n) is 8.07. The number of hydrogen-bond donors (Lipinski definition) is 1. The van der Waals surface area contributed by atoms with E-state index in [9.17, 15) is 5.11 Å². The summed E-state index contributed by atoms with van der Waals surface area (Å²) in [6.07, 6.45) is 0. The molecular weight excluding hydrogens is 179 g/mol. The molecule has 0 aliphatic carbocycles. The van der Waals surface area contributed by atoms with Crippen LogP contribution in [0.2, 0.25) is 0 Å². The first kappa shape index (κ1) is 15.0. The fourth-order valence-electron chi connectivity index (χ4n) is 0.538. The van der Waals surface area contributed by atoms with Gasteiger partial charge in [-0.25, -0.2) is 0 Å². The number of aryl methyl sites for hydroxylation is 1. The summed E-state index contributed by atoms with van der Waals surface area (Å²) in [5.74, 6) is -0.754. The van der Waals surface area contributed by atoms with Gasteiger partial charge in [-0.3, -0.25) is 4.79 Å². The zero-order valence-corrected chi connectivity index (χ0v) is 10.1. The summed E-state index contributed by atoms with van der Waals surface area (Å²) < 4.78 is 0. The molecule has 0 aromatic heterocycles. The Morgan fingerprint density at radius 3 is 1.85 bits per heavy atom. The van der Waals surface area contributed by atoms with Gasteiger partial charge in [-0.1, -0.05) is 29.8 Å². The molecule has 1 rings (SSSR count). The maximum atomic E-state index is 10.4. The van der Waals surface area contributed by atoms with Gasteiger partial charge in [0.1, 0.15) is 0 Å². The smallest absolute Gasteiger partial charge is 0.872 e. The number of hydrogen-bond acceptors (Lipinski definition) is 2. The van der Waals surface area contributed by atoms with Crippen LogP contribution in [0.5, 0.6) is 5.75 Å². The predicted octanol–water partition coefficient (Wildman–Crippen LogP) is -1.84. The van der Waals surface area contributed by atoms with Crippen LogP contribution < -0.4 is 34.7 Å². The van der Waals surface area contributed by atoms with Crippen molar-refractivity contribution in [3.63, 3.8) is 0 Å². The van der Waals surface area contributed by atoms with Crippen molar-refractivity contribution < 1.29 is 44.6 Å². The molecule has 0 spiro atoms. The summed E-state index contributed by atoms with van der Waals surface area (Å²) in [7, 11) is 0. The Morgan fingerprint density at radius 2 is 1.62 bits per heavy atom. The minimum absolute atomic E-state index is 0. The van der Waals surface area contributed by atoms with E-state index < -0.39 is 5.97 Å². The quantitative estimate of drug-likeness (QED) is 0.489. The monoisotopic (exact) mass is 190 g/mol. The van der Waals surface area contributed by atoms with E-state index in [4.69, 9.17) is 9.90 Å². The summed E-state index contributed by atoms with van der Waals surface area (Å²) in [6, 6.07) is 6.75. The van der Waals surface area contributed by atoms with E-state index in [1.807, 2.05) is 19.1 Å². The van der Waals surface area contributed by atoms with Crippen LogP contribution in [0.15, 0.2) is 24.3 Å². The normalized spacial score (nSPS) is 7.54. The molecule has 0 aliphatic heterocycles. The molecule has 0 unspecified atom stereocenters. The van der Waals surface area contributed by atoms with E-state index in [1.165, 1.54) is 0 Å². The van der Waals surface area contributed by atoms with Gasteiger partial charge in [0.25, 0.3) is 5.97 Å². The molecule has 1 aromatic carbocycles. The van der Waals surface area contributed by atoms with Crippen LogP contribution in [-0.2, 0) is 4.79 Å². The van der Waals surface area contributed by atoms with Crippen molar-refractivity contribution in [2.75, 3.05) is 0 Å². The number of aliphatic carboxylic acids is 1. The van der Waals surface area contributed by atoms with Gasteiger partial charge >= 0.3 is 29.6 Å². The van der Waals surface area contributed by atoms with Crippen LogP contribution in [0.3, 0.4) is 0 Å². The van der Waals surface area contributed by atoms with Crippen LogP contribution in [0, 0.1) is 6.92 Å². The Labute approximate surface area is 99.7 Å². The van der Waals surface area contributed by atoms with Crippen LogP contribution in [-0.4, -0.2) is 11.1 Å². The van der Waals surface area contributed by atoms with Crippen LogP contribution >= 0.6 is 0 Å². The molecule has 3 nitrogen and oxygen atoms in total. The predicted molar refractivity (Wildman–Crippen MR) is 43.9 cm³/mol. The molecule has 1 N–H and O–H groups in total. The molecule has 1 aromatic rings. The summed E-state index contributed by atoms with van der Waals surface area (Å²) in [4.78, 5) is 9.00. The van der Waals surface area contributed by atoms with Gasteiger partial charge in [0.2, 0.25) is 0 Å². The van der Waals surface area contributed by atoms with Crippen molar-refractivity contribution in [1.82, 2.24) is 0 Å². The van der Waals surface area contributed by atoms with Gasteiger partial charge in [0.15, 0.2) is 0 Å². The van der Waals surface area contributed by atoms with Crippen molar-refractivity contribution in [3.8, 4) is 5.75 Å². The van der Waals surface area contributed by atoms with Crippen molar-refractivity contribution in [2.45, 2.75) is 13.8 Å². The topological polar surface area (TPSA) is 60.4 Å². The molecule has 0 radical (unpaired) electrons. The van der Waals surface area contributed by atoms with Crippen molar-refractivity contribution >= 4 is 5.97 Å². The Balaban J connectivity index is 0. The van der Waals surface area contributed by atoms with E-state index in [2.05, 4.69) is 0 Å². The standard InChI is InChI=1S/C7H8O.C2H4O2.Na/c1-6-2-4-7(8)5-3-6;1-2(3)4;/h2-5,8H,1H3;1H3,(H,3,4);/q;;+1/p-1. The van der Waals surface area contributed by atoms with Gasteiger partial charge < -0.3 is 10.2 Å². The molecule has 0 heterocycles. The number of carboxylic acid groups (broad SMARTS) is 1. The van der Waals surface area contributed by atoms with E-state index in [0.717, 1.165) is 12.5 Å². The third-order valence-electron chi connectivity index (χ3n) is 1.02. The third kappa shape index (κ3) is 11.5. The van der Waals surface area contributed by atoms with E-state index in [1.54, 1.807) is 12.1 Å². The largest absolute Gasteiger partial charge is 1.00 e. The molecule has 0 aliphatic rings. The molecule has 0 saturated heterocycles. The van der Waals surface area contributed by atoms with Crippen LogP contribution in [0.4, 0.5) is 0 Å². The Kier molecular flexibility index (Phi) is 9.34. The van der Waals surface area contributed by atoms with E-state index in [-0.39, 0.29) is 35.3 Å². The first-order valence-electron chi connectivity index (χ1n) is 3.45. The minimum Gasteiger partial charge on any atom is -0.872 e. The molecule has 0 amide bonds. The van der Waals surface area contributed by atoms with Gasteiger partial charge in [-0.15, -0.1) is 5.75 Å². The fourth-order valence-corrected chi connectivity index (χ4v) is 0.538. The van der Waals surface area contributed by atoms with Crippen molar-refractivity contribution in [2.24, 2.45) is 0 Å². The molecule has 66 valence electrons. The minimum atomic E-state index is -0.833. The van der Waals surface area contributed by atoms with Crippen molar-refractivity contribution in [1.29, 1.82) is 0 Å². The van der Waals surface area contributed by atoms with Crippen molar-refractivity contribution in [3.05, 3.63) is 29.8 Å². The Bertz CT molecular complexity index is 219. The number of carbonyl (C=O) groups is 1. The number of carboxylic acids is 1. The van der Waals surface area contributed by atoms with Crippen LogP contribution in [0.1, 0.15) is 12.5 Å². The first-order chi connectivity index (χ1) is 5.52. The molecule has 0 saturated carbocycles. The second-order valence-electron chi connectivity index (χ2n) is 2.33. The Hall–Kier alpha value is -0.510. The summed E-state index contributed by atoms with van der Waals surface area (Å²) in [5.41, 5.74) is 1.13. The van der Waals surface area contributed by atoms with Gasteiger partial charge in [0.05, 0.1) is 0 Å². The van der Waals surface area contributed by atoms with Crippen LogP contribution in [0.25, 0.3) is 0 Å². The molecule has 0 atom stereocenters. The SMILES string of the molecule is CC(=O)O.Cc1ccc([O-])cc1.[Na+]. The zero-order chi connectivity index (χ0) is 9.56. The summed E-state index contributed by atoms with van der Waals surface area (Å²) >= 11 is 0. The Morgan fingerprint density at radius 1 is 1.31 bits per heavy atom. The van der Waals surface area contributed by atoms with Gasteiger partial charge in [-0.05, 0) is 6.92 Å². The second kappa shape index (κ2) is 8.10. The van der Waals surface area contributed by atoms with E-state index >= 15 is 0 Å². The molecule has 13 heavy (non-hydrogen) atoms. The molecule has 0 fully saturated rings.